The standard InChI is InChI=1S/C13H23N5/c1-5-11-15-12(14)10(3)13(16-11)18-7-6-17(4)8-9(18)2/h9H,5-8H2,1-4H3,(H2,14,15,16). The summed E-state index contributed by atoms with van der Waals surface area (Å²) in [5.74, 6) is 2.46. The summed E-state index contributed by atoms with van der Waals surface area (Å²) in [4.78, 5) is 13.7. The highest BCUT2D eigenvalue weighted by molar-refractivity contribution is 5.57. The maximum atomic E-state index is 5.99. The van der Waals surface area contributed by atoms with Crippen LogP contribution in [0.25, 0.3) is 0 Å². The number of nitrogen functional groups attached to an aromatic ring is 1. The van der Waals surface area contributed by atoms with Crippen molar-refractivity contribution in [2.45, 2.75) is 33.2 Å². The lowest BCUT2D eigenvalue weighted by Gasteiger charge is -2.39. The van der Waals surface area contributed by atoms with Gasteiger partial charge in [0.25, 0.3) is 0 Å². The van der Waals surface area contributed by atoms with Crippen LogP contribution in [0.15, 0.2) is 0 Å². The molecule has 5 heteroatoms. The fourth-order valence-electron chi connectivity index (χ4n) is 2.46. The van der Waals surface area contributed by atoms with Gasteiger partial charge >= 0.3 is 0 Å². The summed E-state index contributed by atoms with van der Waals surface area (Å²) < 4.78 is 0. The number of aromatic nitrogens is 2. The van der Waals surface area contributed by atoms with Crippen molar-refractivity contribution in [3.8, 4) is 0 Å². The van der Waals surface area contributed by atoms with Crippen LogP contribution < -0.4 is 10.6 Å². The minimum absolute atomic E-state index is 0.460. The number of anilines is 2. The van der Waals surface area contributed by atoms with Gasteiger partial charge in [-0.3, -0.25) is 0 Å². The van der Waals surface area contributed by atoms with Gasteiger partial charge in [0.15, 0.2) is 0 Å². The molecular weight excluding hydrogens is 226 g/mol. The first-order chi connectivity index (χ1) is 8.52. The van der Waals surface area contributed by atoms with E-state index in [1.54, 1.807) is 0 Å². The van der Waals surface area contributed by atoms with Gasteiger partial charge in [0, 0.05) is 37.7 Å². The minimum atomic E-state index is 0.460. The van der Waals surface area contributed by atoms with Gasteiger partial charge in [0.05, 0.1) is 0 Å². The van der Waals surface area contributed by atoms with E-state index >= 15 is 0 Å². The third-order valence-electron chi connectivity index (χ3n) is 3.62. The molecule has 1 unspecified atom stereocenters. The second-order valence-electron chi connectivity index (χ2n) is 5.13. The number of hydrogen-bond donors (Lipinski definition) is 1. The largest absolute Gasteiger partial charge is 0.383 e. The summed E-state index contributed by atoms with van der Waals surface area (Å²) in [6.45, 7) is 9.42. The second-order valence-corrected chi connectivity index (χ2v) is 5.13. The summed E-state index contributed by atoms with van der Waals surface area (Å²) in [6, 6.07) is 0.460. The van der Waals surface area contributed by atoms with Gasteiger partial charge in [-0.1, -0.05) is 6.92 Å². The van der Waals surface area contributed by atoms with Gasteiger partial charge in [0.2, 0.25) is 0 Å². The van der Waals surface area contributed by atoms with Crippen LogP contribution in [0.1, 0.15) is 25.2 Å². The Labute approximate surface area is 109 Å². The van der Waals surface area contributed by atoms with Crippen LogP contribution in [0.4, 0.5) is 11.6 Å². The maximum Gasteiger partial charge on any atom is 0.137 e. The second kappa shape index (κ2) is 5.10. The van der Waals surface area contributed by atoms with Crippen LogP contribution in [-0.2, 0) is 6.42 Å². The molecule has 0 radical (unpaired) electrons. The van der Waals surface area contributed by atoms with Crippen molar-refractivity contribution in [2.24, 2.45) is 0 Å². The zero-order valence-corrected chi connectivity index (χ0v) is 11.8. The lowest BCUT2D eigenvalue weighted by Crippen LogP contribution is -2.51. The van der Waals surface area contributed by atoms with Crippen LogP contribution >= 0.6 is 0 Å². The molecule has 1 aliphatic rings. The van der Waals surface area contributed by atoms with E-state index in [-0.39, 0.29) is 0 Å². The predicted octanol–water partition coefficient (Wildman–Crippen LogP) is 1.07. The molecule has 1 aliphatic heterocycles. The smallest absolute Gasteiger partial charge is 0.137 e. The molecule has 100 valence electrons. The molecule has 0 aliphatic carbocycles. The molecule has 0 spiro atoms. The van der Waals surface area contributed by atoms with Gasteiger partial charge in [-0.15, -0.1) is 0 Å². The van der Waals surface area contributed by atoms with Crippen molar-refractivity contribution >= 4 is 11.6 Å². The summed E-state index contributed by atoms with van der Waals surface area (Å²) in [6.07, 6.45) is 0.819. The lowest BCUT2D eigenvalue weighted by atomic mass is 10.1. The molecule has 2 heterocycles. The SMILES string of the molecule is CCc1nc(N)c(C)c(N2CCN(C)CC2C)n1. The molecule has 1 aromatic heterocycles. The first-order valence-electron chi connectivity index (χ1n) is 6.61. The van der Waals surface area contributed by atoms with E-state index in [4.69, 9.17) is 5.73 Å². The third-order valence-corrected chi connectivity index (χ3v) is 3.62. The molecule has 2 rings (SSSR count). The zero-order chi connectivity index (χ0) is 13.3. The molecular formula is C13H23N5. The maximum absolute atomic E-state index is 5.99. The summed E-state index contributed by atoms with van der Waals surface area (Å²) in [7, 11) is 2.16. The van der Waals surface area contributed by atoms with E-state index in [0.29, 0.717) is 11.9 Å². The van der Waals surface area contributed by atoms with E-state index in [1.807, 2.05) is 6.92 Å². The van der Waals surface area contributed by atoms with E-state index < -0.39 is 0 Å². The van der Waals surface area contributed by atoms with E-state index in [9.17, 15) is 0 Å². The molecule has 0 saturated carbocycles. The van der Waals surface area contributed by atoms with Crippen molar-refractivity contribution in [3.63, 3.8) is 0 Å². The molecule has 1 fully saturated rings. The number of nitrogens with two attached hydrogens (primary N) is 1. The Morgan fingerprint density at radius 2 is 2.06 bits per heavy atom. The highest BCUT2D eigenvalue weighted by Crippen LogP contribution is 2.25. The van der Waals surface area contributed by atoms with Crippen molar-refractivity contribution in [2.75, 3.05) is 37.3 Å². The topological polar surface area (TPSA) is 58.3 Å². The van der Waals surface area contributed by atoms with Crippen molar-refractivity contribution in [1.82, 2.24) is 14.9 Å². The summed E-state index contributed by atoms with van der Waals surface area (Å²) >= 11 is 0. The van der Waals surface area contributed by atoms with Crippen molar-refractivity contribution in [1.29, 1.82) is 0 Å². The van der Waals surface area contributed by atoms with Crippen LogP contribution in [0.5, 0.6) is 0 Å². The number of aryl methyl sites for hydroxylation is 1. The first kappa shape index (κ1) is 13.1. The van der Waals surface area contributed by atoms with Crippen molar-refractivity contribution in [3.05, 3.63) is 11.4 Å². The monoisotopic (exact) mass is 249 g/mol. The minimum Gasteiger partial charge on any atom is -0.383 e. The number of piperazine rings is 1. The Balaban J connectivity index is 2.35. The molecule has 0 aromatic carbocycles. The summed E-state index contributed by atoms with van der Waals surface area (Å²) in [5, 5.41) is 0. The Hall–Kier alpha value is -1.36. The number of nitrogens with zero attached hydrogens (tertiary/aromatic N) is 4. The first-order valence-corrected chi connectivity index (χ1v) is 6.61. The van der Waals surface area contributed by atoms with Crippen LogP contribution in [-0.4, -0.2) is 47.6 Å². The van der Waals surface area contributed by atoms with Crippen LogP contribution in [0, 0.1) is 6.92 Å². The molecule has 1 aromatic rings. The fourth-order valence-corrected chi connectivity index (χ4v) is 2.46. The molecule has 5 nitrogen and oxygen atoms in total. The van der Waals surface area contributed by atoms with Gasteiger partial charge in [0.1, 0.15) is 17.5 Å². The number of likely N-dealkylation sites (N-methyl/N-ethyl adjacent to an activating group) is 1. The number of rotatable bonds is 2. The van der Waals surface area contributed by atoms with Crippen LogP contribution in [0.3, 0.4) is 0 Å². The highest BCUT2D eigenvalue weighted by Gasteiger charge is 2.25. The Morgan fingerprint density at radius 1 is 1.33 bits per heavy atom. The molecule has 18 heavy (non-hydrogen) atoms. The highest BCUT2D eigenvalue weighted by atomic mass is 15.3. The molecule has 2 N–H and O–H groups in total. The molecule has 0 amide bonds. The van der Waals surface area contributed by atoms with Crippen molar-refractivity contribution < 1.29 is 0 Å². The molecule has 0 bridgehead atoms. The number of hydrogen-bond acceptors (Lipinski definition) is 5. The third kappa shape index (κ3) is 2.41. The Morgan fingerprint density at radius 3 is 2.67 bits per heavy atom. The van der Waals surface area contributed by atoms with E-state index in [1.165, 1.54) is 0 Å². The fraction of sp³-hybridized carbons (Fsp3) is 0.692. The van der Waals surface area contributed by atoms with Gasteiger partial charge in [-0.25, -0.2) is 9.97 Å². The quantitative estimate of drug-likeness (QED) is 0.849. The normalized spacial score (nSPS) is 21.3. The van der Waals surface area contributed by atoms with Gasteiger partial charge in [-0.05, 0) is 20.9 Å². The Kier molecular flexibility index (Phi) is 3.71. The Bertz CT molecular complexity index is 432. The van der Waals surface area contributed by atoms with Crippen LogP contribution in [0.2, 0.25) is 0 Å². The molecule has 1 saturated heterocycles. The van der Waals surface area contributed by atoms with Gasteiger partial charge < -0.3 is 15.5 Å². The zero-order valence-electron chi connectivity index (χ0n) is 11.8. The van der Waals surface area contributed by atoms with Gasteiger partial charge in [-0.2, -0.15) is 0 Å². The molecule has 1 atom stereocenters. The van der Waals surface area contributed by atoms with E-state index in [2.05, 4.69) is 40.7 Å². The predicted molar refractivity (Wildman–Crippen MR) is 74.9 cm³/mol. The lowest BCUT2D eigenvalue weighted by molar-refractivity contribution is 0.274. The average Bonchev–Trinajstić information content (AvgIpc) is 2.33. The summed E-state index contributed by atoms with van der Waals surface area (Å²) in [5.41, 5.74) is 6.99. The average molecular weight is 249 g/mol. The van der Waals surface area contributed by atoms with E-state index in [0.717, 1.165) is 43.3 Å².